The van der Waals surface area contributed by atoms with Crippen LogP contribution in [0.5, 0.6) is 0 Å². The average molecular weight is 274 g/mol. The van der Waals surface area contributed by atoms with Crippen LogP contribution in [-0.4, -0.2) is 29.4 Å². The van der Waals surface area contributed by atoms with Crippen molar-refractivity contribution in [3.8, 4) is 0 Å². The Balaban J connectivity index is 0. The predicted molar refractivity (Wildman–Crippen MR) is 63.2 cm³/mol. The summed E-state index contributed by atoms with van der Waals surface area (Å²) >= 11 is 0. The van der Waals surface area contributed by atoms with Gasteiger partial charge in [0.25, 0.3) is 0 Å². The summed E-state index contributed by atoms with van der Waals surface area (Å²) in [4.78, 5) is 0. The van der Waals surface area contributed by atoms with Gasteiger partial charge in [0.2, 0.25) is 0 Å². The van der Waals surface area contributed by atoms with Crippen LogP contribution in [0.2, 0.25) is 0 Å². The van der Waals surface area contributed by atoms with Gasteiger partial charge in [-0.2, -0.15) is 0 Å². The van der Waals surface area contributed by atoms with Crippen LogP contribution in [0.1, 0.15) is 58.8 Å². The zero-order chi connectivity index (χ0) is 12.6. The van der Waals surface area contributed by atoms with Crippen LogP contribution in [0.15, 0.2) is 0 Å². The molecule has 0 aliphatic rings. The summed E-state index contributed by atoms with van der Waals surface area (Å²) in [5, 5.41) is 8.26. The molecule has 0 saturated heterocycles. The van der Waals surface area contributed by atoms with E-state index < -0.39 is 21.5 Å². The SMILES string of the molecule is CCCCCCC(CCC(C)O)S(=O)(=O)[O-].[Na+]. The molecule has 0 rings (SSSR count). The maximum atomic E-state index is 11.0. The second kappa shape index (κ2) is 10.8. The Hall–Kier alpha value is 0.870. The topological polar surface area (TPSA) is 77.4 Å². The first-order valence-electron chi connectivity index (χ1n) is 6.00. The minimum Gasteiger partial charge on any atom is -0.748 e. The normalized spacial score (nSPS) is 15.1. The molecule has 0 saturated carbocycles. The Kier molecular flexibility index (Phi) is 12.8. The molecule has 0 bridgehead atoms. The number of aliphatic hydroxyl groups is 1. The zero-order valence-electron chi connectivity index (χ0n) is 11.2. The van der Waals surface area contributed by atoms with E-state index in [2.05, 4.69) is 6.92 Å². The number of hydrogen-bond donors (Lipinski definition) is 1. The van der Waals surface area contributed by atoms with Crippen LogP contribution in [0.4, 0.5) is 0 Å². The number of unbranched alkanes of at least 4 members (excludes halogenated alkanes) is 3. The molecule has 0 aromatic heterocycles. The second-order valence-corrected chi connectivity index (χ2v) is 6.04. The summed E-state index contributed by atoms with van der Waals surface area (Å²) in [5.41, 5.74) is 0. The molecule has 0 spiro atoms. The summed E-state index contributed by atoms with van der Waals surface area (Å²) < 4.78 is 32.9. The van der Waals surface area contributed by atoms with Gasteiger partial charge in [0.1, 0.15) is 0 Å². The Bertz CT molecular complexity index is 265. The van der Waals surface area contributed by atoms with Crippen molar-refractivity contribution in [2.24, 2.45) is 0 Å². The molecule has 6 heteroatoms. The van der Waals surface area contributed by atoms with E-state index in [4.69, 9.17) is 5.11 Å². The molecule has 17 heavy (non-hydrogen) atoms. The van der Waals surface area contributed by atoms with Gasteiger partial charge in [0.05, 0.1) is 16.2 Å². The molecule has 0 heterocycles. The first kappa shape index (κ1) is 20.2. The molecule has 0 aromatic carbocycles. The van der Waals surface area contributed by atoms with Crippen molar-refractivity contribution >= 4 is 10.1 Å². The third kappa shape index (κ3) is 11.7. The molecule has 2 unspecified atom stereocenters. The maximum absolute atomic E-state index is 11.0. The Morgan fingerprint density at radius 1 is 1.12 bits per heavy atom. The fraction of sp³-hybridized carbons (Fsp3) is 1.00. The van der Waals surface area contributed by atoms with Crippen molar-refractivity contribution in [3.63, 3.8) is 0 Å². The average Bonchev–Trinajstić information content (AvgIpc) is 2.14. The van der Waals surface area contributed by atoms with Gasteiger partial charge < -0.3 is 9.66 Å². The monoisotopic (exact) mass is 274 g/mol. The van der Waals surface area contributed by atoms with E-state index in [0.717, 1.165) is 25.7 Å². The van der Waals surface area contributed by atoms with Gasteiger partial charge in [0, 0.05) is 5.25 Å². The van der Waals surface area contributed by atoms with E-state index in [-0.39, 0.29) is 36.0 Å². The minimum absolute atomic E-state index is 0. The van der Waals surface area contributed by atoms with Crippen LogP contribution in [0, 0.1) is 0 Å². The first-order chi connectivity index (χ1) is 7.38. The minimum atomic E-state index is -4.21. The fourth-order valence-electron chi connectivity index (χ4n) is 1.66. The Morgan fingerprint density at radius 3 is 2.12 bits per heavy atom. The van der Waals surface area contributed by atoms with Gasteiger partial charge in [-0.25, -0.2) is 8.42 Å². The third-order valence-corrected chi connectivity index (χ3v) is 3.98. The summed E-state index contributed by atoms with van der Waals surface area (Å²) in [6.45, 7) is 3.68. The molecule has 0 aliphatic carbocycles. The van der Waals surface area contributed by atoms with Crippen molar-refractivity contribution in [2.75, 3.05) is 0 Å². The van der Waals surface area contributed by atoms with E-state index in [0.29, 0.717) is 12.8 Å². The summed E-state index contributed by atoms with van der Waals surface area (Å²) in [5.74, 6) is 0. The smallest absolute Gasteiger partial charge is 0.748 e. The molecular weight excluding hydrogens is 251 g/mol. The second-order valence-electron chi connectivity index (χ2n) is 4.39. The molecule has 0 aromatic rings. The third-order valence-electron chi connectivity index (χ3n) is 2.69. The molecule has 0 amide bonds. The van der Waals surface area contributed by atoms with Crippen molar-refractivity contribution in [1.29, 1.82) is 0 Å². The first-order valence-corrected chi connectivity index (χ1v) is 7.47. The zero-order valence-corrected chi connectivity index (χ0v) is 14.0. The summed E-state index contributed by atoms with van der Waals surface area (Å²) in [7, 11) is -4.21. The molecule has 4 nitrogen and oxygen atoms in total. The standard InChI is InChI=1S/C11H24O4S.Na/c1-3-4-5-6-7-11(16(13,14)15)9-8-10(2)12;/h10-12H,3-9H2,1-2H3,(H,13,14,15);/q;+1/p-1. The van der Waals surface area contributed by atoms with Gasteiger partial charge in [-0.05, 0) is 26.2 Å². The van der Waals surface area contributed by atoms with Crippen molar-refractivity contribution < 1.29 is 47.6 Å². The van der Waals surface area contributed by atoms with Crippen LogP contribution < -0.4 is 29.6 Å². The Labute approximate surface area is 127 Å². The van der Waals surface area contributed by atoms with Crippen molar-refractivity contribution in [1.82, 2.24) is 0 Å². The quantitative estimate of drug-likeness (QED) is 0.333. The van der Waals surface area contributed by atoms with E-state index in [1.165, 1.54) is 0 Å². The summed E-state index contributed by atoms with van der Waals surface area (Å²) in [6.07, 6.45) is 4.44. The van der Waals surface area contributed by atoms with Crippen LogP contribution >= 0.6 is 0 Å². The van der Waals surface area contributed by atoms with E-state index >= 15 is 0 Å². The fourth-order valence-corrected chi connectivity index (χ4v) is 2.54. The van der Waals surface area contributed by atoms with Gasteiger partial charge in [0.15, 0.2) is 0 Å². The molecule has 0 aliphatic heterocycles. The number of hydrogen-bond acceptors (Lipinski definition) is 4. The number of aliphatic hydroxyl groups excluding tert-OH is 1. The van der Waals surface area contributed by atoms with Crippen molar-refractivity contribution in [2.45, 2.75) is 70.1 Å². The largest absolute Gasteiger partial charge is 1.00 e. The number of rotatable bonds is 9. The Morgan fingerprint density at radius 2 is 1.71 bits per heavy atom. The van der Waals surface area contributed by atoms with Gasteiger partial charge in [-0.1, -0.05) is 32.6 Å². The van der Waals surface area contributed by atoms with Crippen LogP contribution in [-0.2, 0) is 10.1 Å². The molecule has 2 atom stereocenters. The van der Waals surface area contributed by atoms with Crippen LogP contribution in [0.3, 0.4) is 0 Å². The molecule has 0 fully saturated rings. The summed E-state index contributed by atoms with van der Waals surface area (Å²) in [6, 6.07) is 0. The molecule has 98 valence electrons. The van der Waals surface area contributed by atoms with Gasteiger partial charge >= 0.3 is 29.6 Å². The van der Waals surface area contributed by atoms with Crippen molar-refractivity contribution in [3.05, 3.63) is 0 Å². The molecule has 1 N–H and O–H groups in total. The van der Waals surface area contributed by atoms with E-state index in [1.807, 2.05) is 0 Å². The van der Waals surface area contributed by atoms with Gasteiger partial charge in [-0.3, -0.25) is 0 Å². The maximum Gasteiger partial charge on any atom is 1.00 e. The van der Waals surface area contributed by atoms with Gasteiger partial charge in [-0.15, -0.1) is 0 Å². The molecule has 0 radical (unpaired) electrons. The molecular formula is C11H23NaO4S. The predicted octanol–water partition coefficient (Wildman–Crippen LogP) is -0.964. The van der Waals surface area contributed by atoms with E-state index in [9.17, 15) is 13.0 Å². The van der Waals surface area contributed by atoms with Crippen LogP contribution in [0.25, 0.3) is 0 Å². The van der Waals surface area contributed by atoms with E-state index in [1.54, 1.807) is 6.92 Å².